The lowest BCUT2D eigenvalue weighted by atomic mass is 9.96. The molecule has 0 atom stereocenters. The molecule has 0 aliphatic heterocycles. The molecule has 1 aliphatic rings. The van der Waals surface area contributed by atoms with Crippen LogP contribution >= 0.6 is 11.8 Å². The van der Waals surface area contributed by atoms with Crippen molar-refractivity contribution in [3.8, 4) is 0 Å². The highest BCUT2D eigenvalue weighted by Crippen LogP contribution is 2.25. The second-order valence-corrected chi connectivity index (χ2v) is 6.67. The summed E-state index contributed by atoms with van der Waals surface area (Å²) < 4.78 is 5.28. The molecule has 1 heterocycles. The molecule has 7 heteroatoms. The zero-order valence-electron chi connectivity index (χ0n) is 13.1. The van der Waals surface area contributed by atoms with Crippen molar-refractivity contribution in [3.63, 3.8) is 0 Å². The topological polar surface area (TPSA) is 92.4 Å². The molecule has 0 saturated heterocycles. The third kappa shape index (κ3) is 3.97. The van der Waals surface area contributed by atoms with Crippen LogP contribution in [-0.2, 0) is 23.4 Å². The molecule has 0 unspecified atom stereocenters. The van der Waals surface area contributed by atoms with Gasteiger partial charge in [0.15, 0.2) is 5.69 Å². The highest BCUT2D eigenvalue weighted by molar-refractivity contribution is 7.99. The molecule has 3 rings (SSSR count). The number of hydrogen-bond acceptors (Lipinski definition) is 5. The monoisotopic (exact) mass is 346 g/mol. The second-order valence-electron chi connectivity index (χ2n) is 5.68. The maximum atomic E-state index is 12.4. The fraction of sp³-hybridized carbons (Fsp3) is 0.353. The Hall–Kier alpha value is -2.28. The normalized spacial score (nSPS) is 13.3. The second kappa shape index (κ2) is 7.53. The molecule has 1 amide bonds. The highest BCUT2D eigenvalue weighted by atomic mass is 32.2. The van der Waals surface area contributed by atoms with Crippen LogP contribution in [0.5, 0.6) is 0 Å². The van der Waals surface area contributed by atoms with E-state index in [9.17, 15) is 9.59 Å². The smallest absolute Gasteiger partial charge is 0.313 e. The van der Waals surface area contributed by atoms with Crippen molar-refractivity contribution in [2.75, 3.05) is 11.1 Å². The molecular weight excluding hydrogens is 328 g/mol. The lowest BCUT2D eigenvalue weighted by Gasteiger charge is -2.10. The number of aryl methyl sites for hydroxylation is 1. The zero-order valence-corrected chi connectivity index (χ0v) is 13.9. The number of hydrogen-bond donors (Lipinski definition) is 2. The number of aliphatic carboxylic acids is 1. The van der Waals surface area contributed by atoms with Crippen LogP contribution in [0.4, 0.5) is 5.69 Å². The fourth-order valence-electron chi connectivity index (χ4n) is 2.75. The van der Waals surface area contributed by atoms with Gasteiger partial charge in [-0.1, -0.05) is 17.3 Å². The Morgan fingerprint density at radius 3 is 2.96 bits per heavy atom. The number of carboxylic acids is 1. The van der Waals surface area contributed by atoms with Crippen molar-refractivity contribution in [1.29, 1.82) is 0 Å². The zero-order chi connectivity index (χ0) is 16.9. The molecule has 0 saturated carbocycles. The first-order valence-corrected chi connectivity index (χ1v) is 8.96. The van der Waals surface area contributed by atoms with Crippen LogP contribution in [0.1, 0.15) is 40.2 Å². The van der Waals surface area contributed by atoms with Crippen molar-refractivity contribution in [3.05, 3.63) is 46.8 Å². The number of anilines is 1. The Balaban J connectivity index is 1.66. The molecule has 2 N–H and O–H groups in total. The van der Waals surface area contributed by atoms with E-state index in [1.54, 1.807) is 6.07 Å². The number of carboxylic acid groups (broad SMARTS) is 1. The fourth-order valence-corrected chi connectivity index (χ4v) is 3.44. The Kier molecular flexibility index (Phi) is 5.20. The van der Waals surface area contributed by atoms with Gasteiger partial charge in [0.1, 0.15) is 5.76 Å². The first-order valence-electron chi connectivity index (χ1n) is 7.81. The summed E-state index contributed by atoms with van der Waals surface area (Å²) in [6, 6.07) is 7.39. The van der Waals surface area contributed by atoms with Crippen LogP contribution in [-0.4, -0.2) is 27.9 Å². The molecule has 24 heavy (non-hydrogen) atoms. The predicted octanol–water partition coefficient (Wildman–Crippen LogP) is 3.12. The van der Waals surface area contributed by atoms with Gasteiger partial charge in [0.05, 0.1) is 5.75 Å². The van der Waals surface area contributed by atoms with Gasteiger partial charge in [-0.15, -0.1) is 11.8 Å². The Bertz CT molecular complexity index is 757. The van der Waals surface area contributed by atoms with Gasteiger partial charge < -0.3 is 14.9 Å². The summed E-state index contributed by atoms with van der Waals surface area (Å²) in [5.41, 5.74) is 2.92. The van der Waals surface area contributed by atoms with Crippen molar-refractivity contribution in [2.45, 2.75) is 31.4 Å². The van der Waals surface area contributed by atoms with Gasteiger partial charge in [-0.2, -0.15) is 0 Å². The molecule has 6 nitrogen and oxygen atoms in total. The Labute approximate surface area is 143 Å². The largest absolute Gasteiger partial charge is 0.481 e. The summed E-state index contributed by atoms with van der Waals surface area (Å²) in [6.45, 7) is 0. The van der Waals surface area contributed by atoms with Gasteiger partial charge in [-0.3, -0.25) is 9.59 Å². The molecular formula is C17H18N2O4S. The van der Waals surface area contributed by atoms with E-state index in [4.69, 9.17) is 9.63 Å². The van der Waals surface area contributed by atoms with Crippen LogP contribution in [0, 0.1) is 0 Å². The SMILES string of the molecule is O=C(O)CSCc1cccc(NC(=O)c2noc3c2CCCC3)c1. The van der Waals surface area contributed by atoms with Crippen LogP contribution in [0.3, 0.4) is 0 Å². The lowest BCUT2D eigenvalue weighted by molar-refractivity contribution is -0.133. The van der Waals surface area contributed by atoms with E-state index in [1.807, 2.05) is 18.2 Å². The van der Waals surface area contributed by atoms with Gasteiger partial charge in [-0.25, -0.2) is 0 Å². The van der Waals surface area contributed by atoms with Gasteiger partial charge in [0.2, 0.25) is 0 Å². The van der Waals surface area contributed by atoms with E-state index in [-0.39, 0.29) is 11.7 Å². The van der Waals surface area contributed by atoms with Gasteiger partial charge >= 0.3 is 5.97 Å². The molecule has 0 fully saturated rings. The van der Waals surface area contributed by atoms with Crippen LogP contribution in [0.2, 0.25) is 0 Å². The summed E-state index contributed by atoms with van der Waals surface area (Å²) in [6.07, 6.45) is 3.78. The lowest BCUT2D eigenvalue weighted by Crippen LogP contribution is -2.15. The average Bonchev–Trinajstić information content (AvgIpc) is 2.99. The van der Waals surface area contributed by atoms with E-state index >= 15 is 0 Å². The van der Waals surface area contributed by atoms with E-state index < -0.39 is 5.97 Å². The molecule has 0 spiro atoms. The third-order valence-corrected chi connectivity index (χ3v) is 4.83. The van der Waals surface area contributed by atoms with E-state index in [0.717, 1.165) is 42.6 Å². The minimum Gasteiger partial charge on any atom is -0.481 e. The average molecular weight is 346 g/mol. The molecule has 1 aromatic carbocycles. The molecule has 0 radical (unpaired) electrons. The summed E-state index contributed by atoms with van der Waals surface area (Å²) in [5.74, 6) is 0.361. The van der Waals surface area contributed by atoms with Crippen LogP contribution in [0.15, 0.2) is 28.8 Å². The number of amides is 1. The highest BCUT2D eigenvalue weighted by Gasteiger charge is 2.23. The Morgan fingerprint density at radius 1 is 1.29 bits per heavy atom. The molecule has 126 valence electrons. The van der Waals surface area contributed by atoms with E-state index in [0.29, 0.717) is 17.1 Å². The number of aromatic nitrogens is 1. The number of thioether (sulfide) groups is 1. The minimum atomic E-state index is -0.833. The number of fused-ring (bicyclic) bond motifs is 1. The number of nitrogens with one attached hydrogen (secondary N) is 1. The molecule has 1 aliphatic carbocycles. The van der Waals surface area contributed by atoms with Crippen LogP contribution < -0.4 is 5.32 Å². The number of rotatable bonds is 6. The quantitative estimate of drug-likeness (QED) is 0.835. The number of benzene rings is 1. The minimum absolute atomic E-state index is 0.0572. The van der Waals surface area contributed by atoms with Crippen molar-refractivity contribution in [1.82, 2.24) is 5.16 Å². The van der Waals surface area contributed by atoms with Crippen molar-refractivity contribution < 1.29 is 19.2 Å². The molecule has 0 bridgehead atoms. The maximum Gasteiger partial charge on any atom is 0.313 e. The number of carbonyl (C=O) groups excluding carboxylic acids is 1. The maximum absolute atomic E-state index is 12.4. The van der Waals surface area contributed by atoms with Gasteiger partial charge in [0.25, 0.3) is 5.91 Å². The summed E-state index contributed by atoms with van der Waals surface area (Å²) in [5, 5.41) is 15.4. The van der Waals surface area contributed by atoms with Gasteiger partial charge in [0, 0.05) is 23.4 Å². The standard InChI is InChI=1S/C17H18N2O4S/c20-15(21)10-24-9-11-4-3-5-12(8-11)18-17(22)16-13-6-1-2-7-14(13)23-19-16/h3-5,8H,1-2,6-7,9-10H2,(H,18,22)(H,20,21). The number of nitrogens with zero attached hydrogens (tertiary/aromatic N) is 1. The van der Waals surface area contributed by atoms with E-state index in [1.165, 1.54) is 11.8 Å². The Morgan fingerprint density at radius 2 is 2.12 bits per heavy atom. The number of carbonyl (C=O) groups is 2. The van der Waals surface area contributed by atoms with Crippen molar-refractivity contribution in [2.24, 2.45) is 0 Å². The predicted molar refractivity (Wildman–Crippen MR) is 91.3 cm³/mol. The van der Waals surface area contributed by atoms with Crippen molar-refractivity contribution >= 4 is 29.3 Å². The summed E-state index contributed by atoms with van der Waals surface area (Å²) in [4.78, 5) is 23.0. The molecule has 1 aromatic heterocycles. The van der Waals surface area contributed by atoms with Crippen LogP contribution in [0.25, 0.3) is 0 Å². The summed E-state index contributed by atoms with van der Waals surface area (Å²) >= 11 is 1.32. The molecule has 2 aromatic rings. The van der Waals surface area contributed by atoms with Gasteiger partial charge in [-0.05, 0) is 37.0 Å². The first-order chi connectivity index (χ1) is 11.6. The first kappa shape index (κ1) is 16.6. The third-order valence-electron chi connectivity index (χ3n) is 3.84. The van der Waals surface area contributed by atoms with E-state index in [2.05, 4.69) is 10.5 Å². The summed E-state index contributed by atoms with van der Waals surface area (Å²) in [7, 11) is 0.